The summed E-state index contributed by atoms with van der Waals surface area (Å²) < 4.78 is 30.8. The summed E-state index contributed by atoms with van der Waals surface area (Å²) >= 11 is 0.833. The second kappa shape index (κ2) is 5.95. The predicted octanol–water partition coefficient (Wildman–Crippen LogP) is 0.227. The van der Waals surface area contributed by atoms with Crippen molar-refractivity contribution in [2.24, 2.45) is 5.41 Å². The number of aliphatic hydroxyl groups excluding tert-OH is 1. The SMILES string of the molecule is COC(=O)c1ncsc1S(=O)(=O)NCC(C)(C)CO. The van der Waals surface area contributed by atoms with Gasteiger partial charge in [-0.1, -0.05) is 13.8 Å². The van der Waals surface area contributed by atoms with Crippen LogP contribution in [0.2, 0.25) is 0 Å². The molecule has 0 radical (unpaired) electrons. The van der Waals surface area contributed by atoms with E-state index < -0.39 is 21.4 Å². The first-order valence-electron chi connectivity index (χ1n) is 5.36. The van der Waals surface area contributed by atoms with Gasteiger partial charge in [0.2, 0.25) is 0 Å². The summed E-state index contributed by atoms with van der Waals surface area (Å²) in [5.41, 5.74) is 0.433. The van der Waals surface area contributed by atoms with Crippen molar-refractivity contribution in [3.8, 4) is 0 Å². The molecule has 1 heterocycles. The van der Waals surface area contributed by atoms with E-state index in [0.717, 1.165) is 18.4 Å². The lowest BCUT2D eigenvalue weighted by Crippen LogP contribution is -2.36. The molecule has 0 aliphatic carbocycles. The van der Waals surface area contributed by atoms with Gasteiger partial charge in [0.05, 0.1) is 12.6 Å². The fourth-order valence-electron chi connectivity index (χ4n) is 1.07. The standard InChI is InChI=1S/C10H16N2O5S2/c1-10(2,5-13)4-12-19(15,16)9-7(8(14)17-3)11-6-18-9/h6,12-13H,4-5H2,1-3H3. The van der Waals surface area contributed by atoms with Crippen molar-refractivity contribution in [3.63, 3.8) is 0 Å². The molecule has 0 saturated heterocycles. The molecule has 0 bridgehead atoms. The second-order valence-electron chi connectivity index (χ2n) is 4.63. The molecular weight excluding hydrogens is 292 g/mol. The lowest BCUT2D eigenvalue weighted by Gasteiger charge is -2.21. The van der Waals surface area contributed by atoms with Crippen LogP contribution in [0.4, 0.5) is 0 Å². The molecule has 0 aromatic carbocycles. The number of hydrogen-bond donors (Lipinski definition) is 2. The zero-order valence-corrected chi connectivity index (χ0v) is 12.5. The van der Waals surface area contributed by atoms with Crippen LogP contribution in [0.25, 0.3) is 0 Å². The van der Waals surface area contributed by atoms with Crippen LogP contribution in [0.1, 0.15) is 24.3 Å². The number of carbonyl (C=O) groups is 1. The number of aliphatic hydroxyl groups is 1. The third-order valence-corrected chi connectivity index (χ3v) is 5.10. The van der Waals surface area contributed by atoms with Gasteiger partial charge in [-0.15, -0.1) is 11.3 Å². The molecule has 9 heteroatoms. The average molecular weight is 308 g/mol. The number of nitrogens with one attached hydrogen (secondary N) is 1. The van der Waals surface area contributed by atoms with Crippen molar-refractivity contribution >= 4 is 27.3 Å². The van der Waals surface area contributed by atoms with Crippen molar-refractivity contribution in [2.75, 3.05) is 20.3 Å². The molecule has 0 amide bonds. The minimum Gasteiger partial charge on any atom is -0.464 e. The molecule has 2 N–H and O–H groups in total. The highest BCUT2D eigenvalue weighted by molar-refractivity contribution is 7.91. The van der Waals surface area contributed by atoms with E-state index in [1.807, 2.05) is 0 Å². The van der Waals surface area contributed by atoms with Crippen molar-refractivity contribution in [1.82, 2.24) is 9.71 Å². The number of methoxy groups -OCH3 is 1. The van der Waals surface area contributed by atoms with E-state index in [4.69, 9.17) is 5.11 Å². The Labute approximate surface area is 115 Å². The second-order valence-corrected chi connectivity index (χ2v) is 7.44. The van der Waals surface area contributed by atoms with Crippen LogP contribution in [-0.2, 0) is 14.8 Å². The van der Waals surface area contributed by atoms with Gasteiger partial charge in [-0.2, -0.15) is 0 Å². The number of aromatic nitrogens is 1. The fraction of sp³-hybridized carbons (Fsp3) is 0.600. The average Bonchev–Trinajstić information content (AvgIpc) is 2.86. The molecule has 0 aliphatic rings. The minimum absolute atomic E-state index is 0.0460. The largest absolute Gasteiger partial charge is 0.464 e. The summed E-state index contributed by atoms with van der Waals surface area (Å²) in [5.74, 6) is -0.803. The summed E-state index contributed by atoms with van der Waals surface area (Å²) in [6, 6.07) is 0. The third kappa shape index (κ3) is 3.96. The number of thiazole rings is 1. The number of nitrogens with zero attached hydrogens (tertiary/aromatic N) is 1. The van der Waals surface area contributed by atoms with Gasteiger partial charge in [-0.25, -0.2) is 22.9 Å². The van der Waals surface area contributed by atoms with Gasteiger partial charge in [0.1, 0.15) is 0 Å². The molecule has 0 fully saturated rings. The van der Waals surface area contributed by atoms with Crippen LogP contribution in [0.5, 0.6) is 0 Å². The Kier molecular flexibility index (Phi) is 5.02. The highest BCUT2D eigenvalue weighted by atomic mass is 32.2. The van der Waals surface area contributed by atoms with Crippen molar-refractivity contribution in [3.05, 3.63) is 11.2 Å². The molecule has 0 saturated carbocycles. The van der Waals surface area contributed by atoms with E-state index >= 15 is 0 Å². The predicted molar refractivity (Wildman–Crippen MR) is 69.5 cm³/mol. The van der Waals surface area contributed by atoms with Gasteiger partial charge in [0, 0.05) is 18.6 Å². The van der Waals surface area contributed by atoms with Crippen molar-refractivity contribution in [1.29, 1.82) is 0 Å². The lowest BCUT2D eigenvalue weighted by atomic mass is 9.96. The minimum atomic E-state index is -3.85. The van der Waals surface area contributed by atoms with Gasteiger partial charge >= 0.3 is 5.97 Å². The number of esters is 1. The lowest BCUT2D eigenvalue weighted by molar-refractivity contribution is 0.0590. The molecule has 1 aromatic heterocycles. The Morgan fingerprint density at radius 2 is 2.21 bits per heavy atom. The van der Waals surface area contributed by atoms with Gasteiger partial charge in [0.25, 0.3) is 10.0 Å². The third-order valence-electron chi connectivity index (χ3n) is 2.33. The molecule has 108 valence electrons. The zero-order valence-electron chi connectivity index (χ0n) is 10.8. The summed E-state index contributed by atoms with van der Waals surface area (Å²) in [5, 5.41) is 9.08. The maximum atomic E-state index is 12.1. The number of carbonyl (C=O) groups excluding carboxylic acids is 1. The first kappa shape index (κ1) is 16.0. The normalized spacial score (nSPS) is 12.4. The van der Waals surface area contributed by atoms with Crippen LogP contribution in [0.3, 0.4) is 0 Å². The smallest absolute Gasteiger partial charge is 0.358 e. The van der Waals surface area contributed by atoms with E-state index in [1.165, 1.54) is 5.51 Å². The highest BCUT2D eigenvalue weighted by Gasteiger charge is 2.28. The van der Waals surface area contributed by atoms with Gasteiger partial charge in [-0.05, 0) is 0 Å². The van der Waals surface area contributed by atoms with E-state index in [2.05, 4.69) is 14.4 Å². The first-order chi connectivity index (χ1) is 8.73. The first-order valence-corrected chi connectivity index (χ1v) is 7.72. The maximum absolute atomic E-state index is 12.1. The molecule has 19 heavy (non-hydrogen) atoms. The maximum Gasteiger partial charge on any atom is 0.358 e. The summed E-state index contributed by atoms with van der Waals surface area (Å²) in [6.07, 6.45) is 0. The molecule has 1 rings (SSSR count). The van der Waals surface area contributed by atoms with Crippen LogP contribution in [0.15, 0.2) is 9.72 Å². The Hall–Kier alpha value is -1.03. The van der Waals surface area contributed by atoms with E-state index in [-0.39, 0.29) is 23.1 Å². The Bertz CT molecular complexity index is 550. The van der Waals surface area contributed by atoms with Gasteiger partial charge in [-0.3, -0.25) is 0 Å². The molecule has 0 spiro atoms. The molecule has 0 atom stereocenters. The van der Waals surface area contributed by atoms with Crippen molar-refractivity contribution in [2.45, 2.75) is 18.1 Å². The molecular formula is C10H16N2O5S2. The van der Waals surface area contributed by atoms with Crippen LogP contribution < -0.4 is 4.72 Å². The van der Waals surface area contributed by atoms with Crippen LogP contribution in [-0.4, -0.2) is 44.7 Å². The molecule has 0 unspecified atom stereocenters. The van der Waals surface area contributed by atoms with Crippen LogP contribution in [0, 0.1) is 5.41 Å². The number of ether oxygens (including phenoxy) is 1. The topological polar surface area (TPSA) is 106 Å². The highest BCUT2D eigenvalue weighted by Crippen LogP contribution is 2.21. The van der Waals surface area contributed by atoms with Gasteiger partial charge in [0.15, 0.2) is 9.90 Å². The summed E-state index contributed by atoms with van der Waals surface area (Å²) in [6.45, 7) is 3.30. The molecule has 0 aliphatic heterocycles. The summed E-state index contributed by atoms with van der Waals surface area (Å²) in [7, 11) is -2.70. The Morgan fingerprint density at radius 1 is 1.58 bits per heavy atom. The van der Waals surface area contributed by atoms with E-state index in [0.29, 0.717) is 0 Å². The Balaban J connectivity index is 2.96. The quantitative estimate of drug-likeness (QED) is 0.729. The Morgan fingerprint density at radius 3 is 2.74 bits per heavy atom. The van der Waals surface area contributed by atoms with Crippen LogP contribution >= 0.6 is 11.3 Å². The van der Waals surface area contributed by atoms with E-state index in [1.54, 1.807) is 13.8 Å². The zero-order chi connectivity index (χ0) is 14.7. The summed E-state index contributed by atoms with van der Waals surface area (Å²) in [4.78, 5) is 15.1. The van der Waals surface area contributed by atoms with Crippen molar-refractivity contribution < 1.29 is 23.1 Å². The number of hydrogen-bond acceptors (Lipinski definition) is 7. The monoisotopic (exact) mass is 308 g/mol. The number of sulfonamides is 1. The molecule has 7 nitrogen and oxygen atoms in total. The van der Waals surface area contributed by atoms with Gasteiger partial charge < -0.3 is 9.84 Å². The van der Waals surface area contributed by atoms with E-state index in [9.17, 15) is 13.2 Å². The fourth-order valence-corrected chi connectivity index (χ4v) is 3.49. The number of rotatable bonds is 6. The molecule has 1 aromatic rings.